The van der Waals surface area contributed by atoms with Crippen molar-refractivity contribution >= 4 is 41.0 Å². The minimum absolute atomic E-state index is 0.405. The van der Waals surface area contributed by atoms with Gasteiger partial charge in [-0.15, -0.1) is 0 Å². The van der Waals surface area contributed by atoms with Gasteiger partial charge in [-0.25, -0.2) is 4.79 Å². The Kier molecular flexibility index (Phi) is 4.65. The van der Waals surface area contributed by atoms with Crippen molar-refractivity contribution in [1.29, 1.82) is 0 Å². The number of halogens is 2. The van der Waals surface area contributed by atoms with E-state index in [4.69, 9.17) is 32.4 Å². The molecule has 4 rings (SSSR count). The van der Waals surface area contributed by atoms with Crippen LogP contribution in [0.25, 0.3) is 23.2 Å². The molecule has 0 N–H and O–H groups in total. The SMILES string of the molecule is Cc1ccc(C2=C/C(=C/c3ccc(-c4ccc(Cl)c(Cl)c4)o3)C(=O)O2)cc1. The molecule has 3 aromatic rings. The highest BCUT2D eigenvalue weighted by Crippen LogP contribution is 2.31. The lowest BCUT2D eigenvalue weighted by Gasteiger charge is -2.01. The van der Waals surface area contributed by atoms with Gasteiger partial charge in [-0.2, -0.15) is 0 Å². The van der Waals surface area contributed by atoms with Gasteiger partial charge < -0.3 is 9.15 Å². The second-order valence-electron chi connectivity index (χ2n) is 6.19. The highest BCUT2D eigenvalue weighted by atomic mass is 35.5. The molecule has 1 aliphatic heterocycles. The van der Waals surface area contributed by atoms with Crippen LogP contribution >= 0.6 is 23.2 Å². The molecule has 0 atom stereocenters. The van der Waals surface area contributed by atoms with Crippen molar-refractivity contribution in [2.24, 2.45) is 0 Å². The number of benzene rings is 2. The molecule has 0 fully saturated rings. The van der Waals surface area contributed by atoms with Gasteiger partial charge in [0.2, 0.25) is 0 Å². The number of carbonyl (C=O) groups is 1. The van der Waals surface area contributed by atoms with Crippen LogP contribution in [0.4, 0.5) is 0 Å². The Balaban J connectivity index is 1.61. The van der Waals surface area contributed by atoms with Crippen molar-refractivity contribution in [3.05, 3.63) is 93.2 Å². The van der Waals surface area contributed by atoms with Gasteiger partial charge in [0.15, 0.2) is 0 Å². The number of rotatable bonds is 3. The third-order valence-corrected chi connectivity index (χ3v) is 4.93. The quantitative estimate of drug-likeness (QED) is 0.372. The second-order valence-corrected chi connectivity index (χ2v) is 7.01. The summed E-state index contributed by atoms with van der Waals surface area (Å²) in [5.74, 6) is 1.31. The van der Waals surface area contributed by atoms with Crippen molar-refractivity contribution in [2.45, 2.75) is 6.92 Å². The zero-order chi connectivity index (χ0) is 19.0. The van der Waals surface area contributed by atoms with E-state index < -0.39 is 5.97 Å². The molecule has 0 aliphatic carbocycles. The smallest absolute Gasteiger partial charge is 0.343 e. The first-order valence-corrected chi connectivity index (χ1v) is 9.03. The van der Waals surface area contributed by atoms with Crippen LogP contribution in [-0.4, -0.2) is 5.97 Å². The lowest BCUT2D eigenvalue weighted by atomic mass is 10.1. The molecular weight excluding hydrogens is 383 g/mol. The predicted molar refractivity (Wildman–Crippen MR) is 107 cm³/mol. The number of carbonyl (C=O) groups excluding carboxylic acids is 1. The lowest BCUT2D eigenvalue weighted by Crippen LogP contribution is -1.96. The number of hydrogen-bond donors (Lipinski definition) is 0. The third kappa shape index (κ3) is 3.70. The largest absolute Gasteiger partial charge is 0.457 e. The number of cyclic esters (lactones) is 1. The van der Waals surface area contributed by atoms with Gasteiger partial charge in [0, 0.05) is 11.1 Å². The van der Waals surface area contributed by atoms with E-state index in [1.807, 2.05) is 43.3 Å². The molecule has 0 unspecified atom stereocenters. The summed E-state index contributed by atoms with van der Waals surface area (Å²) in [4.78, 5) is 12.2. The third-order valence-electron chi connectivity index (χ3n) is 4.19. The molecular formula is C22H14Cl2O3. The molecule has 0 spiro atoms. The average molecular weight is 397 g/mol. The Morgan fingerprint density at radius 1 is 0.889 bits per heavy atom. The van der Waals surface area contributed by atoms with E-state index in [-0.39, 0.29) is 0 Å². The zero-order valence-electron chi connectivity index (χ0n) is 14.3. The maximum atomic E-state index is 12.2. The van der Waals surface area contributed by atoms with Crippen LogP contribution in [0.15, 0.2) is 70.7 Å². The van der Waals surface area contributed by atoms with Crippen LogP contribution in [0.5, 0.6) is 0 Å². The summed E-state index contributed by atoms with van der Waals surface area (Å²) in [6, 6.07) is 16.7. The summed E-state index contributed by atoms with van der Waals surface area (Å²) in [7, 11) is 0. The van der Waals surface area contributed by atoms with Crippen molar-refractivity contribution in [3.63, 3.8) is 0 Å². The Morgan fingerprint density at radius 2 is 1.63 bits per heavy atom. The van der Waals surface area contributed by atoms with Gasteiger partial charge in [-0.1, -0.05) is 53.0 Å². The van der Waals surface area contributed by atoms with Gasteiger partial charge >= 0.3 is 5.97 Å². The summed E-state index contributed by atoms with van der Waals surface area (Å²) in [6.07, 6.45) is 3.37. The standard InChI is InChI=1S/C22H14Cl2O3/c1-13-2-4-14(5-3-13)21-12-16(22(25)27-21)10-17-7-9-20(26-17)15-6-8-18(23)19(24)11-15/h2-12H,1H3/b16-10-. The van der Waals surface area contributed by atoms with Crippen LogP contribution in [0.3, 0.4) is 0 Å². The van der Waals surface area contributed by atoms with E-state index in [1.165, 1.54) is 0 Å². The van der Waals surface area contributed by atoms with Gasteiger partial charge in [-0.05, 0) is 49.4 Å². The number of furan rings is 1. The Bertz CT molecular complexity index is 1090. The molecule has 1 aromatic heterocycles. The zero-order valence-corrected chi connectivity index (χ0v) is 15.8. The van der Waals surface area contributed by atoms with Gasteiger partial charge in [0.25, 0.3) is 0 Å². The minimum atomic E-state index is -0.405. The first-order valence-electron chi connectivity index (χ1n) is 8.27. The maximum absolute atomic E-state index is 12.2. The van der Waals surface area contributed by atoms with Crippen LogP contribution in [0.1, 0.15) is 16.9 Å². The van der Waals surface area contributed by atoms with E-state index in [9.17, 15) is 4.79 Å². The summed E-state index contributed by atoms with van der Waals surface area (Å²) in [6.45, 7) is 2.01. The molecule has 2 heterocycles. The fourth-order valence-corrected chi connectivity index (χ4v) is 3.04. The van der Waals surface area contributed by atoms with Crippen LogP contribution in [-0.2, 0) is 9.53 Å². The highest BCUT2D eigenvalue weighted by Gasteiger charge is 2.22. The van der Waals surface area contributed by atoms with Crippen molar-refractivity contribution in [3.8, 4) is 11.3 Å². The summed E-state index contributed by atoms with van der Waals surface area (Å²) in [5.41, 5.74) is 3.23. The molecule has 5 heteroatoms. The van der Waals surface area contributed by atoms with Crippen molar-refractivity contribution in [2.75, 3.05) is 0 Å². The first kappa shape index (κ1) is 17.7. The molecule has 0 bridgehead atoms. The van der Waals surface area contributed by atoms with Crippen LogP contribution in [0, 0.1) is 6.92 Å². The van der Waals surface area contributed by atoms with Crippen LogP contribution in [0.2, 0.25) is 10.0 Å². The van der Waals surface area contributed by atoms with Crippen molar-refractivity contribution in [1.82, 2.24) is 0 Å². The average Bonchev–Trinajstić information content (AvgIpc) is 3.26. The summed E-state index contributed by atoms with van der Waals surface area (Å²) in [5, 5.41) is 0.937. The normalized spacial score (nSPS) is 15.1. The monoisotopic (exact) mass is 396 g/mol. The Hall–Kier alpha value is -2.75. The summed E-state index contributed by atoms with van der Waals surface area (Å²) >= 11 is 12.0. The molecule has 0 saturated heterocycles. The molecule has 0 radical (unpaired) electrons. The van der Waals surface area contributed by atoms with Gasteiger partial charge in [0.1, 0.15) is 17.3 Å². The first-order chi connectivity index (χ1) is 13.0. The number of esters is 1. The Morgan fingerprint density at radius 3 is 2.37 bits per heavy atom. The molecule has 0 amide bonds. The van der Waals surface area contributed by atoms with E-state index in [1.54, 1.807) is 30.4 Å². The van der Waals surface area contributed by atoms with E-state index >= 15 is 0 Å². The minimum Gasteiger partial charge on any atom is -0.457 e. The fourth-order valence-electron chi connectivity index (χ4n) is 2.74. The second kappa shape index (κ2) is 7.10. The van der Waals surface area contributed by atoms with Gasteiger partial charge in [0.05, 0.1) is 15.6 Å². The van der Waals surface area contributed by atoms with E-state index in [2.05, 4.69) is 0 Å². The van der Waals surface area contributed by atoms with Crippen LogP contribution < -0.4 is 0 Å². The number of aryl methyl sites for hydroxylation is 1. The molecule has 3 nitrogen and oxygen atoms in total. The molecule has 0 saturated carbocycles. The number of hydrogen-bond acceptors (Lipinski definition) is 3. The maximum Gasteiger partial charge on any atom is 0.343 e. The van der Waals surface area contributed by atoms with Gasteiger partial charge in [-0.3, -0.25) is 0 Å². The molecule has 27 heavy (non-hydrogen) atoms. The molecule has 134 valence electrons. The topological polar surface area (TPSA) is 39.4 Å². The molecule has 2 aromatic carbocycles. The lowest BCUT2D eigenvalue weighted by molar-refractivity contribution is -0.130. The summed E-state index contributed by atoms with van der Waals surface area (Å²) < 4.78 is 11.2. The highest BCUT2D eigenvalue weighted by molar-refractivity contribution is 6.42. The van der Waals surface area contributed by atoms with E-state index in [0.717, 1.165) is 16.7 Å². The fraction of sp³-hybridized carbons (Fsp3) is 0.0455. The predicted octanol–water partition coefficient (Wildman–Crippen LogP) is 6.54. The molecule has 1 aliphatic rings. The van der Waals surface area contributed by atoms with E-state index in [0.29, 0.717) is 32.9 Å². The number of ether oxygens (including phenoxy) is 1. The Labute approximate surface area is 166 Å². The van der Waals surface area contributed by atoms with Crippen molar-refractivity contribution < 1.29 is 13.9 Å².